The van der Waals surface area contributed by atoms with Crippen molar-refractivity contribution < 1.29 is 18.7 Å². The molecule has 13 heavy (non-hydrogen) atoms. The Morgan fingerprint density at radius 2 is 2.15 bits per heavy atom. The summed E-state index contributed by atoms with van der Waals surface area (Å²) in [5.41, 5.74) is 0.180. The predicted molar refractivity (Wildman–Crippen MR) is 43.1 cm³/mol. The molecule has 0 unspecified atom stereocenters. The van der Waals surface area contributed by atoms with Crippen LogP contribution in [-0.4, -0.2) is 11.1 Å². The topological polar surface area (TPSA) is 37.3 Å². The third kappa shape index (κ3) is 2.66. The van der Waals surface area contributed by atoms with Crippen molar-refractivity contribution in [3.63, 3.8) is 0 Å². The number of halogens is 2. The summed E-state index contributed by atoms with van der Waals surface area (Å²) in [5, 5.41) is 8.18. The lowest BCUT2D eigenvalue weighted by atomic mass is 10.2. The van der Waals surface area contributed by atoms with Gasteiger partial charge in [-0.25, -0.2) is 9.18 Å². The molecular weight excluding hydrogens is 178 g/mol. The fraction of sp³-hybridized carbons (Fsp3) is 0. The first-order valence-corrected chi connectivity index (χ1v) is 3.45. The zero-order valence-electron chi connectivity index (χ0n) is 6.50. The Bertz CT molecular complexity index is 358. The van der Waals surface area contributed by atoms with Crippen molar-refractivity contribution in [2.45, 2.75) is 0 Å². The second-order valence-electron chi connectivity index (χ2n) is 2.35. The third-order valence-electron chi connectivity index (χ3n) is 1.35. The normalized spacial score (nSPS) is 11.4. The van der Waals surface area contributed by atoms with Crippen molar-refractivity contribution in [3.05, 3.63) is 41.5 Å². The molecule has 68 valence electrons. The van der Waals surface area contributed by atoms with E-state index in [2.05, 4.69) is 0 Å². The number of aliphatic carboxylic acids is 1. The molecule has 1 N–H and O–H groups in total. The van der Waals surface area contributed by atoms with Crippen molar-refractivity contribution in [3.8, 4) is 0 Å². The molecule has 0 heterocycles. The average molecular weight is 184 g/mol. The first-order valence-electron chi connectivity index (χ1n) is 3.45. The summed E-state index contributed by atoms with van der Waals surface area (Å²) in [6.45, 7) is 0. The Morgan fingerprint density at radius 3 is 2.69 bits per heavy atom. The van der Waals surface area contributed by atoms with Crippen molar-refractivity contribution >= 4 is 12.0 Å². The van der Waals surface area contributed by atoms with E-state index in [0.29, 0.717) is 0 Å². The van der Waals surface area contributed by atoms with Gasteiger partial charge in [-0.15, -0.1) is 0 Å². The van der Waals surface area contributed by atoms with Crippen LogP contribution in [0.3, 0.4) is 0 Å². The van der Waals surface area contributed by atoms with Crippen LogP contribution in [0.5, 0.6) is 0 Å². The number of benzene rings is 1. The highest BCUT2D eigenvalue weighted by atomic mass is 19.1. The highest BCUT2D eigenvalue weighted by Gasteiger charge is 2.04. The van der Waals surface area contributed by atoms with E-state index >= 15 is 0 Å². The zero-order chi connectivity index (χ0) is 9.84. The van der Waals surface area contributed by atoms with Crippen LogP contribution in [0.2, 0.25) is 0 Å². The van der Waals surface area contributed by atoms with Gasteiger partial charge in [0.1, 0.15) is 5.82 Å². The lowest BCUT2D eigenvalue weighted by Crippen LogP contribution is -1.94. The fourth-order valence-electron chi connectivity index (χ4n) is 0.804. The maximum atomic E-state index is 12.5. The van der Waals surface area contributed by atoms with E-state index < -0.39 is 17.6 Å². The summed E-state index contributed by atoms with van der Waals surface area (Å²) in [6.07, 6.45) is 0.755. The third-order valence-corrected chi connectivity index (χ3v) is 1.35. The standard InChI is InChI=1S/C9H6F2O2/c10-7-3-1-2-6(4-7)5-8(11)9(12)13/h1-5H,(H,12,13). The molecule has 0 aliphatic carbocycles. The van der Waals surface area contributed by atoms with Crippen LogP contribution in [0.4, 0.5) is 8.78 Å². The van der Waals surface area contributed by atoms with Crippen molar-refractivity contribution in [2.24, 2.45) is 0 Å². The minimum atomic E-state index is -1.66. The van der Waals surface area contributed by atoms with Gasteiger partial charge in [0.05, 0.1) is 0 Å². The minimum absolute atomic E-state index is 0.180. The van der Waals surface area contributed by atoms with E-state index in [1.165, 1.54) is 18.2 Å². The number of rotatable bonds is 2. The maximum absolute atomic E-state index is 12.5. The molecular formula is C9H6F2O2. The first-order chi connectivity index (χ1) is 6.09. The SMILES string of the molecule is O=C(O)C(F)=Cc1cccc(F)c1. The summed E-state index contributed by atoms with van der Waals surface area (Å²) in [7, 11) is 0. The molecule has 0 atom stereocenters. The molecule has 1 aromatic rings. The van der Waals surface area contributed by atoms with Gasteiger partial charge in [0.2, 0.25) is 5.83 Å². The highest BCUT2D eigenvalue weighted by Crippen LogP contribution is 2.09. The molecule has 1 rings (SSSR count). The van der Waals surface area contributed by atoms with Gasteiger partial charge in [-0.2, -0.15) is 4.39 Å². The van der Waals surface area contributed by atoms with E-state index in [4.69, 9.17) is 5.11 Å². The van der Waals surface area contributed by atoms with Crippen molar-refractivity contribution in [1.29, 1.82) is 0 Å². The van der Waals surface area contributed by atoms with Crippen molar-refractivity contribution in [2.75, 3.05) is 0 Å². The Hall–Kier alpha value is -1.71. The second-order valence-corrected chi connectivity index (χ2v) is 2.35. The van der Waals surface area contributed by atoms with E-state index in [9.17, 15) is 13.6 Å². The van der Waals surface area contributed by atoms with Gasteiger partial charge < -0.3 is 5.11 Å². The van der Waals surface area contributed by atoms with E-state index in [1.54, 1.807) is 0 Å². The Labute approximate surface area is 73.1 Å². The minimum Gasteiger partial charge on any atom is -0.476 e. The molecule has 0 fully saturated rings. The second kappa shape index (κ2) is 3.80. The summed E-state index contributed by atoms with van der Waals surface area (Å²) in [4.78, 5) is 10.1. The first kappa shape index (κ1) is 9.38. The molecule has 0 aliphatic heterocycles. The van der Waals surface area contributed by atoms with Crippen LogP contribution in [0, 0.1) is 5.82 Å². The molecule has 0 saturated carbocycles. The summed E-state index contributed by atoms with van der Waals surface area (Å²) in [6, 6.07) is 5.01. The van der Waals surface area contributed by atoms with Gasteiger partial charge in [0, 0.05) is 0 Å². The van der Waals surface area contributed by atoms with Gasteiger partial charge in [-0.05, 0) is 23.8 Å². The molecule has 0 spiro atoms. The van der Waals surface area contributed by atoms with Crippen molar-refractivity contribution in [1.82, 2.24) is 0 Å². The molecule has 0 radical (unpaired) electrons. The number of carbonyl (C=O) groups is 1. The van der Waals surface area contributed by atoms with Gasteiger partial charge in [0.15, 0.2) is 0 Å². The molecule has 0 saturated heterocycles. The molecule has 1 aromatic carbocycles. The highest BCUT2D eigenvalue weighted by molar-refractivity contribution is 5.89. The predicted octanol–water partition coefficient (Wildman–Crippen LogP) is 2.22. The summed E-state index contributed by atoms with van der Waals surface area (Å²) >= 11 is 0. The molecule has 0 aromatic heterocycles. The lowest BCUT2D eigenvalue weighted by molar-refractivity contribution is -0.134. The number of carboxylic acids is 1. The largest absolute Gasteiger partial charge is 0.476 e. The molecule has 4 heteroatoms. The maximum Gasteiger partial charge on any atom is 0.364 e. The zero-order valence-corrected chi connectivity index (χ0v) is 6.50. The summed E-state index contributed by atoms with van der Waals surface area (Å²) < 4.78 is 25.0. The number of carboxylic acid groups (broad SMARTS) is 1. The molecule has 2 nitrogen and oxygen atoms in total. The van der Waals surface area contributed by atoms with Crippen LogP contribution < -0.4 is 0 Å². The smallest absolute Gasteiger partial charge is 0.364 e. The average Bonchev–Trinajstić information content (AvgIpc) is 2.04. The Kier molecular flexibility index (Phi) is 2.74. The molecule has 0 amide bonds. The van der Waals surface area contributed by atoms with Crippen LogP contribution >= 0.6 is 0 Å². The quantitative estimate of drug-likeness (QED) is 0.715. The van der Waals surface area contributed by atoms with E-state index in [0.717, 1.165) is 12.1 Å². The van der Waals surface area contributed by atoms with Gasteiger partial charge in [-0.3, -0.25) is 0 Å². The molecule has 0 bridgehead atoms. The summed E-state index contributed by atoms with van der Waals surface area (Å²) in [5.74, 6) is -3.51. The van der Waals surface area contributed by atoms with Gasteiger partial charge >= 0.3 is 5.97 Å². The van der Waals surface area contributed by atoms with Crippen LogP contribution in [-0.2, 0) is 4.79 Å². The van der Waals surface area contributed by atoms with Crippen LogP contribution in [0.1, 0.15) is 5.56 Å². The van der Waals surface area contributed by atoms with E-state index in [1.807, 2.05) is 0 Å². The molecule has 0 aliphatic rings. The Balaban J connectivity index is 2.97. The Morgan fingerprint density at radius 1 is 1.46 bits per heavy atom. The van der Waals surface area contributed by atoms with E-state index in [-0.39, 0.29) is 5.56 Å². The van der Waals surface area contributed by atoms with Crippen LogP contribution in [0.25, 0.3) is 6.08 Å². The fourth-order valence-corrected chi connectivity index (χ4v) is 0.804. The number of hydrogen-bond donors (Lipinski definition) is 1. The monoisotopic (exact) mass is 184 g/mol. The van der Waals surface area contributed by atoms with Gasteiger partial charge in [0.25, 0.3) is 0 Å². The van der Waals surface area contributed by atoms with Gasteiger partial charge in [-0.1, -0.05) is 12.1 Å². The lowest BCUT2D eigenvalue weighted by Gasteiger charge is -1.93. The van der Waals surface area contributed by atoms with Crippen LogP contribution in [0.15, 0.2) is 30.1 Å². The number of hydrogen-bond acceptors (Lipinski definition) is 1.